The molecule has 126 valence electrons. The Morgan fingerprint density at radius 2 is 2.00 bits per heavy atom. The molecule has 0 atom stereocenters. The van der Waals surface area contributed by atoms with Gasteiger partial charge in [-0.15, -0.1) is 0 Å². The minimum Gasteiger partial charge on any atom is -0.462 e. The van der Waals surface area contributed by atoms with Crippen molar-refractivity contribution in [2.75, 3.05) is 11.9 Å². The van der Waals surface area contributed by atoms with E-state index in [4.69, 9.17) is 17.0 Å². The lowest BCUT2D eigenvalue weighted by molar-refractivity contribution is 0.0526. The minimum atomic E-state index is -0.293. The van der Waals surface area contributed by atoms with E-state index in [0.717, 1.165) is 17.7 Å². The number of rotatable bonds is 5. The number of nitrogens with one attached hydrogen (secondary N) is 2. The molecule has 0 spiro atoms. The molecule has 1 aromatic rings. The molecule has 0 aromatic heterocycles. The maximum atomic E-state index is 11.8. The van der Waals surface area contributed by atoms with Crippen molar-refractivity contribution in [2.45, 2.75) is 58.4 Å². The number of hydrogen-bond donors (Lipinski definition) is 2. The summed E-state index contributed by atoms with van der Waals surface area (Å²) in [6.07, 6.45) is 5.95. The first-order valence-corrected chi connectivity index (χ1v) is 8.77. The Hall–Kier alpha value is -1.62. The largest absolute Gasteiger partial charge is 0.462 e. The molecule has 0 aliphatic heterocycles. The van der Waals surface area contributed by atoms with Crippen molar-refractivity contribution in [1.82, 2.24) is 5.32 Å². The van der Waals surface area contributed by atoms with Crippen molar-refractivity contribution >= 4 is 29.0 Å². The van der Waals surface area contributed by atoms with Crippen molar-refractivity contribution in [3.05, 3.63) is 29.3 Å². The lowest BCUT2D eigenvalue weighted by atomic mass is 9.94. The molecule has 1 saturated carbocycles. The van der Waals surface area contributed by atoms with Crippen molar-refractivity contribution in [2.24, 2.45) is 0 Å². The summed E-state index contributed by atoms with van der Waals surface area (Å²) in [5, 5.41) is 7.42. The predicted octanol–water partition coefficient (Wildman–Crippen LogP) is 4.18. The summed E-state index contributed by atoms with van der Waals surface area (Å²) in [5.41, 5.74) is 2.59. The molecule has 0 heterocycles. The van der Waals surface area contributed by atoms with Gasteiger partial charge in [-0.25, -0.2) is 4.79 Å². The van der Waals surface area contributed by atoms with E-state index >= 15 is 0 Å². The van der Waals surface area contributed by atoms with Crippen LogP contribution in [0.2, 0.25) is 0 Å². The number of carbonyl (C=O) groups excluding carboxylic acids is 1. The Morgan fingerprint density at radius 3 is 2.57 bits per heavy atom. The first-order chi connectivity index (χ1) is 11.0. The van der Waals surface area contributed by atoms with Crippen molar-refractivity contribution < 1.29 is 9.53 Å². The zero-order chi connectivity index (χ0) is 16.9. The molecule has 0 saturated heterocycles. The Morgan fingerprint density at radius 1 is 1.30 bits per heavy atom. The Bertz CT molecular complexity index is 580. The van der Waals surface area contributed by atoms with Crippen LogP contribution in [-0.4, -0.2) is 23.2 Å². The van der Waals surface area contributed by atoms with Crippen LogP contribution in [0.1, 0.15) is 61.9 Å². The highest BCUT2D eigenvalue weighted by Gasteiger charge is 2.32. The minimum absolute atomic E-state index is 0.142. The lowest BCUT2D eigenvalue weighted by Gasteiger charge is -2.30. The highest BCUT2D eigenvalue weighted by Crippen LogP contribution is 2.32. The number of aryl methyl sites for hydroxylation is 1. The molecule has 0 radical (unpaired) electrons. The monoisotopic (exact) mass is 334 g/mol. The van der Waals surface area contributed by atoms with E-state index in [1.54, 1.807) is 13.0 Å². The molecule has 1 aromatic carbocycles. The van der Waals surface area contributed by atoms with Crippen molar-refractivity contribution in [3.8, 4) is 0 Å². The molecular formula is C18H26N2O2S. The maximum absolute atomic E-state index is 11.8. The van der Waals surface area contributed by atoms with Gasteiger partial charge in [0, 0.05) is 11.2 Å². The van der Waals surface area contributed by atoms with Crippen LogP contribution in [0.3, 0.4) is 0 Å². The number of esters is 1. The number of hydrogen-bond acceptors (Lipinski definition) is 3. The smallest absolute Gasteiger partial charge is 0.338 e. The molecular weight excluding hydrogens is 308 g/mol. The predicted molar refractivity (Wildman–Crippen MR) is 98.0 cm³/mol. The quantitative estimate of drug-likeness (QED) is 0.625. The fourth-order valence-corrected chi connectivity index (χ4v) is 3.48. The van der Waals surface area contributed by atoms with Gasteiger partial charge < -0.3 is 15.4 Å². The average Bonchev–Trinajstić information content (AvgIpc) is 2.98. The Balaban J connectivity index is 2.02. The molecule has 2 rings (SSSR count). The summed E-state index contributed by atoms with van der Waals surface area (Å²) >= 11 is 5.48. The fraction of sp³-hybridized carbons (Fsp3) is 0.556. The van der Waals surface area contributed by atoms with Crippen LogP contribution in [0.5, 0.6) is 0 Å². The van der Waals surface area contributed by atoms with E-state index in [9.17, 15) is 4.79 Å². The summed E-state index contributed by atoms with van der Waals surface area (Å²) in [5.74, 6) is -0.293. The van der Waals surface area contributed by atoms with Crippen LogP contribution in [0, 0.1) is 6.92 Å². The van der Waals surface area contributed by atoms with Gasteiger partial charge in [-0.2, -0.15) is 0 Å². The first-order valence-electron chi connectivity index (χ1n) is 8.36. The molecule has 1 aliphatic carbocycles. The van der Waals surface area contributed by atoms with Gasteiger partial charge in [0.15, 0.2) is 5.11 Å². The second-order valence-corrected chi connectivity index (χ2v) is 6.58. The van der Waals surface area contributed by atoms with Gasteiger partial charge in [0.1, 0.15) is 0 Å². The summed E-state index contributed by atoms with van der Waals surface area (Å²) in [6, 6.07) is 5.47. The summed E-state index contributed by atoms with van der Waals surface area (Å²) in [6.45, 7) is 6.35. The van der Waals surface area contributed by atoms with Gasteiger partial charge in [-0.3, -0.25) is 0 Å². The number of anilines is 1. The van der Waals surface area contributed by atoms with Crippen molar-refractivity contribution in [3.63, 3.8) is 0 Å². The van der Waals surface area contributed by atoms with Crippen molar-refractivity contribution in [1.29, 1.82) is 0 Å². The molecule has 1 fully saturated rings. The van der Waals surface area contributed by atoms with E-state index in [1.807, 2.05) is 19.1 Å². The highest BCUT2D eigenvalue weighted by molar-refractivity contribution is 7.80. The number of ether oxygens (including phenoxy) is 1. The van der Waals surface area contributed by atoms with Gasteiger partial charge in [-0.1, -0.05) is 19.8 Å². The second-order valence-electron chi connectivity index (χ2n) is 6.17. The highest BCUT2D eigenvalue weighted by atomic mass is 32.1. The first kappa shape index (κ1) is 17.7. The SMILES string of the molecule is CCOC(=O)c1ccc(NC(=S)NC2(CC)CCCC2)c(C)c1. The van der Waals surface area contributed by atoms with E-state index in [1.165, 1.54) is 25.7 Å². The normalized spacial score (nSPS) is 16.0. The Labute approximate surface area is 144 Å². The number of thiocarbonyl (C=S) groups is 1. The third-order valence-electron chi connectivity index (χ3n) is 4.60. The van der Waals surface area contributed by atoms with Crippen LogP contribution in [-0.2, 0) is 4.74 Å². The van der Waals surface area contributed by atoms with E-state index in [2.05, 4.69) is 17.6 Å². The average molecular weight is 334 g/mol. The van der Waals surface area contributed by atoms with Gasteiger partial charge in [0.05, 0.1) is 12.2 Å². The summed E-state index contributed by atoms with van der Waals surface area (Å²) < 4.78 is 5.02. The lowest BCUT2D eigenvalue weighted by Crippen LogP contribution is -2.47. The van der Waals surface area contributed by atoms with Crippen LogP contribution >= 0.6 is 12.2 Å². The topological polar surface area (TPSA) is 50.4 Å². The summed E-state index contributed by atoms with van der Waals surface area (Å²) in [7, 11) is 0. The fourth-order valence-electron chi connectivity index (χ4n) is 3.16. The molecule has 1 aliphatic rings. The molecule has 5 heteroatoms. The molecule has 0 bridgehead atoms. The third kappa shape index (κ3) is 4.44. The molecule has 23 heavy (non-hydrogen) atoms. The summed E-state index contributed by atoms with van der Waals surface area (Å²) in [4.78, 5) is 11.8. The molecule has 0 unspecified atom stereocenters. The van der Waals surface area contributed by atoms with Crippen LogP contribution < -0.4 is 10.6 Å². The zero-order valence-corrected chi connectivity index (χ0v) is 15.0. The van der Waals surface area contributed by atoms with Crippen LogP contribution in [0.15, 0.2) is 18.2 Å². The standard InChI is InChI=1S/C18H26N2O2S/c1-4-18(10-6-7-11-18)20-17(23)19-15-9-8-14(12-13(15)3)16(21)22-5-2/h8-9,12H,4-7,10-11H2,1-3H3,(H2,19,20,23). The van der Waals surface area contributed by atoms with Crippen LogP contribution in [0.4, 0.5) is 5.69 Å². The van der Waals surface area contributed by atoms with E-state index < -0.39 is 0 Å². The van der Waals surface area contributed by atoms with E-state index in [-0.39, 0.29) is 11.5 Å². The van der Waals surface area contributed by atoms with Crippen LogP contribution in [0.25, 0.3) is 0 Å². The van der Waals surface area contributed by atoms with Gasteiger partial charge in [0.2, 0.25) is 0 Å². The Kier molecular flexibility index (Phi) is 5.99. The molecule has 4 nitrogen and oxygen atoms in total. The van der Waals surface area contributed by atoms with Gasteiger partial charge in [-0.05, 0) is 69.1 Å². The molecule has 2 N–H and O–H groups in total. The van der Waals surface area contributed by atoms with Gasteiger partial charge >= 0.3 is 5.97 Å². The number of benzene rings is 1. The number of carbonyl (C=O) groups is 1. The van der Waals surface area contributed by atoms with Gasteiger partial charge in [0.25, 0.3) is 0 Å². The second kappa shape index (κ2) is 7.77. The third-order valence-corrected chi connectivity index (χ3v) is 4.81. The maximum Gasteiger partial charge on any atom is 0.338 e. The zero-order valence-electron chi connectivity index (χ0n) is 14.2. The van der Waals surface area contributed by atoms with E-state index in [0.29, 0.717) is 17.3 Å². The molecule has 0 amide bonds.